The second-order valence-electron chi connectivity index (χ2n) is 8.59. The van der Waals surface area contributed by atoms with Crippen molar-refractivity contribution in [3.63, 3.8) is 0 Å². The Morgan fingerprint density at radius 3 is 2.54 bits per heavy atom. The van der Waals surface area contributed by atoms with Gasteiger partial charge in [0.25, 0.3) is 5.69 Å². The number of carbonyl (C=O) groups is 3. The number of aryl methyl sites for hydroxylation is 1. The zero-order valence-electron chi connectivity index (χ0n) is 18.7. The summed E-state index contributed by atoms with van der Waals surface area (Å²) in [7, 11) is 0. The first-order valence-corrected chi connectivity index (χ1v) is 12.3. The van der Waals surface area contributed by atoms with Gasteiger partial charge in [-0.3, -0.25) is 25.0 Å². The fourth-order valence-corrected chi connectivity index (χ4v) is 6.01. The molecule has 10 nitrogen and oxygen atoms in total. The summed E-state index contributed by atoms with van der Waals surface area (Å²) < 4.78 is 0. The lowest BCUT2D eigenvalue weighted by Gasteiger charge is -2.40. The minimum absolute atomic E-state index is 0.107. The fraction of sp³-hybridized carbons (Fsp3) is 0.375. The molecule has 2 aliphatic heterocycles. The van der Waals surface area contributed by atoms with Gasteiger partial charge in [0.2, 0.25) is 5.91 Å². The second kappa shape index (κ2) is 10.4. The number of nitro benzene ring substituents is 1. The zero-order chi connectivity index (χ0) is 25.1. The number of thioether (sulfide) groups is 1. The Labute approximate surface area is 205 Å². The molecule has 0 aromatic heterocycles. The predicted molar refractivity (Wildman–Crippen MR) is 128 cm³/mol. The molecule has 0 unspecified atom stereocenters. The first-order valence-electron chi connectivity index (χ1n) is 11.2. The Kier molecular flexibility index (Phi) is 7.37. The summed E-state index contributed by atoms with van der Waals surface area (Å²) in [5, 5.41) is 34.4. The highest BCUT2D eigenvalue weighted by atomic mass is 32.2. The summed E-state index contributed by atoms with van der Waals surface area (Å²) in [5.41, 5.74) is 1.64. The molecule has 0 radical (unpaired) electrons. The molecule has 2 aromatic carbocycles. The second-order valence-corrected chi connectivity index (χ2v) is 9.67. The van der Waals surface area contributed by atoms with Crippen molar-refractivity contribution in [3.8, 4) is 0 Å². The van der Waals surface area contributed by atoms with Crippen LogP contribution in [0.1, 0.15) is 29.2 Å². The smallest absolute Gasteiger partial charge is 0.327 e. The third-order valence-corrected chi connectivity index (χ3v) is 7.58. The average molecular weight is 500 g/mol. The van der Waals surface area contributed by atoms with Crippen molar-refractivity contribution in [2.45, 2.75) is 43.4 Å². The van der Waals surface area contributed by atoms with E-state index in [0.717, 1.165) is 5.56 Å². The van der Waals surface area contributed by atoms with Crippen molar-refractivity contribution < 1.29 is 29.5 Å². The van der Waals surface area contributed by atoms with Crippen LogP contribution in [0.3, 0.4) is 0 Å². The molecule has 11 heteroatoms. The highest BCUT2D eigenvalue weighted by Crippen LogP contribution is 2.40. The van der Waals surface area contributed by atoms with E-state index >= 15 is 0 Å². The van der Waals surface area contributed by atoms with Crippen LogP contribution in [-0.4, -0.2) is 67.5 Å². The van der Waals surface area contributed by atoms with E-state index < -0.39 is 46.9 Å². The highest BCUT2D eigenvalue weighted by molar-refractivity contribution is 7.99. The van der Waals surface area contributed by atoms with Crippen molar-refractivity contribution in [1.82, 2.24) is 10.2 Å². The third-order valence-electron chi connectivity index (χ3n) is 6.48. The Bertz CT molecular complexity index is 1140. The molecular formula is C24H25N3O7S. The molecule has 4 rings (SSSR count). The number of carboxylic acid groups (broad SMARTS) is 2. The average Bonchev–Trinajstić information content (AvgIpc) is 2.96. The van der Waals surface area contributed by atoms with Crippen LogP contribution < -0.4 is 5.32 Å². The first kappa shape index (κ1) is 24.7. The van der Waals surface area contributed by atoms with E-state index in [1.807, 2.05) is 30.3 Å². The normalized spacial score (nSPS) is 22.5. The molecule has 2 aliphatic rings. The van der Waals surface area contributed by atoms with E-state index in [1.165, 1.54) is 28.8 Å². The number of hydrogen-bond donors (Lipinski definition) is 3. The summed E-state index contributed by atoms with van der Waals surface area (Å²) in [6.07, 6.45) is 0.530. The fourth-order valence-electron chi connectivity index (χ4n) is 4.78. The topological polar surface area (TPSA) is 150 Å². The van der Waals surface area contributed by atoms with E-state index in [1.54, 1.807) is 6.07 Å². The molecule has 0 aliphatic carbocycles. The number of benzene rings is 2. The molecular weight excluding hydrogens is 474 g/mol. The van der Waals surface area contributed by atoms with Gasteiger partial charge in [0.05, 0.1) is 17.0 Å². The summed E-state index contributed by atoms with van der Waals surface area (Å²) in [5.74, 6) is -2.29. The van der Waals surface area contributed by atoms with Gasteiger partial charge in [-0.2, -0.15) is 11.8 Å². The first-order chi connectivity index (χ1) is 16.8. The van der Waals surface area contributed by atoms with E-state index in [9.17, 15) is 34.7 Å². The van der Waals surface area contributed by atoms with Gasteiger partial charge in [0, 0.05) is 29.6 Å². The predicted octanol–water partition coefficient (Wildman–Crippen LogP) is 2.26. The number of fused-ring (bicyclic) bond motifs is 3. The zero-order valence-corrected chi connectivity index (χ0v) is 19.5. The maximum Gasteiger partial charge on any atom is 0.327 e. The van der Waals surface area contributed by atoms with Crippen molar-refractivity contribution in [1.29, 1.82) is 0 Å². The lowest BCUT2D eigenvalue weighted by atomic mass is 9.95. The minimum Gasteiger partial charge on any atom is -0.480 e. The molecule has 0 saturated carbocycles. The quantitative estimate of drug-likeness (QED) is 0.367. The number of aliphatic carboxylic acids is 2. The molecule has 1 saturated heterocycles. The Hall–Kier alpha value is -3.44. The van der Waals surface area contributed by atoms with Gasteiger partial charge in [-0.1, -0.05) is 42.5 Å². The van der Waals surface area contributed by atoms with E-state index in [0.29, 0.717) is 23.3 Å². The summed E-state index contributed by atoms with van der Waals surface area (Å²) in [6.45, 7) is 0. The molecule has 2 heterocycles. The number of nitrogens with zero attached hydrogens (tertiary/aromatic N) is 2. The summed E-state index contributed by atoms with van der Waals surface area (Å²) in [6, 6.07) is 9.88. The van der Waals surface area contributed by atoms with Gasteiger partial charge in [0.15, 0.2) is 0 Å². The van der Waals surface area contributed by atoms with Crippen LogP contribution in [0.25, 0.3) is 0 Å². The van der Waals surface area contributed by atoms with Gasteiger partial charge in [-0.05, 0) is 24.0 Å². The highest BCUT2D eigenvalue weighted by Gasteiger charge is 2.46. The molecule has 0 spiro atoms. The van der Waals surface area contributed by atoms with Gasteiger partial charge < -0.3 is 15.1 Å². The van der Waals surface area contributed by atoms with Crippen LogP contribution in [0.2, 0.25) is 0 Å². The van der Waals surface area contributed by atoms with Crippen molar-refractivity contribution in [2.75, 3.05) is 11.5 Å². The molecule has 1 amide bonds. The van der Waals surface area contributed by atoms with E-state index in [2.05, 4.69) is 5.32 Å². The van der Waals surface area contributed by atoms with Crippen LogP contribution in [0.15, 0.2) is 48.5 Å². The van der Waals surface area contributed by atoms with Gasteiger partial charge in [0.1, 0.15) is 12.1 Å². The van der Waals surface area contributed by atoms with Crippen LogP contribution >= 0.6 is 11.8 Å². The van der Waals surface area contributed by atoms with Gasteiger partial charge >= 0.3 is 11.9 Å². The number of nitrogens with one attached hydrogen (secondary N) is 1. The number of rotatable bonds is 8. The van der Waals surface area contributed by atoms with E-state index in [4.69, 9.17) is 0 Å². The molecule has 0 bridgehead atoms. The molecule has 4 atom stereocenters. The molecule has 1 fully saturated rings. The van der Waals surface area contributed by atoms with Crippen molar-refractivity contribution in [3.05, 3.63) is 75.3 Å². The lowest BCUT2D eigenvalue weighted by molar-refractivity contribution is -0.385. The number of nitro groups is 1. The standard InChI is InChI=1S/C24H25N3O7S/c28-22-18(25-17(23(29)30)10-9-14-5-2-1-3-6-14)11-16-15(7-4-8-19(16)27(33)34)20-12-35-13-21(24(31)32)26(20)22/h1-8,17-18,20-21,25H,9-13H2,(H,29,30)(H,31,32)/t17-,18+,20-,21+/m0/s1. The number of amides is 1. The Morgan fingerprint density at radius 1 is 1.14 bits per heavy atom. The minimum atomic E-state index is -1.16. The van der Waals surface area contributed by atoms with Crippen molar-refractivity contribution in [2.24, 2.45) is 0 Å². The van der Waals surface area contributed by atoms with Gasteiger partial charge in [-0.25, -0.2) is 4.79 Å². The van der Waals surface area contributed by atoms with Crippen molar-refractivity contribution >= 4 is 35.3 Å². The summed E-state index contributed by atoms with van der Waals surface area (Å²) in [4.78, 5) is 50.3. The third kappa shape index (κ3) is 5.15. The van der Waals surface area contributed by atoms with E-state index in [-0.39, 0.29) is 24.3 Å². The number of carboxylic acids is 2. The largest absolute Gasteiger partial charge is 0.480 e. The van der Waals surface area contributed by atoms with Crippen LogP contribution in [0.5, 0.6) is 0 Å². The molecule has 184 valence electrons. The Balaban J connectivity index is 1.70. The molecule has 35 heavy (non-hydrogen) atoms. The van der Waals surface area contributed by atoms with Gasteiger partial charge in [-0.15, -0.1) is 0 Å². The molecule has 2 aromatic rings. The maximum absolute atomic E-state index is 13.7. The Morgan fingerprint density at radius 2 is 1.89 bits per heavy atom. The molecule has 3 N–H and O–H groups in total. The lowest BCUT2D eigenvalue weighted by Crippen LogP contribution is -2.58. The monoisotopic (exact) mass is 499 g/mol. The number of carbonyl (C=O) groups excluding carboxylic acids is 1. The van der Waals surface area contributed by atoms with Crippen LogP contribution in [0.4, 0.5) is 5.69 Å². The SMILES string of the molecule is O=C(O)[C@H](CCc1ccccc1)N[C@@H]1Cc2c(cccc2[N+](=O)[O-])[C@@H]2CSC[C@H](C(=O)O)N2C1=O. The van der Waals surface area contributed by atoms with Crippen LogP contribution in [-0.2, 0) is 27.2 Å². The number of hydrogen-bond acceptors (Lipinski definition) is 7. The maximum atomic E-state index is 13.7. The summed E-state index contributed by atoms with van der Waals surface area (Å²) >= 11 is 1.37. The van der Waals surface area contributed by atoms with Crippen LogP contribution in [0, 0.1) is 10.1 Å².